The van der Waals surface area contributed by atoms with Crippen molar-refractivity contribution in [3.8, 4) is 0 Å². The molecule has 1 aromatic heterocycles. The van der Waals surface area contributed by atoms with Crippen LogP contribution in [-0.2, 0) is 9.57 Å². The number of aromatic nitrogens is 2. The Hall–Kier alpha value is -1.67. The third kappa shape index (κ3) is 3.51. The van der Waals surface area contributed by atoms with Crippen molar-refractivity contribution in [2.45, 2.75) is 6.10 Å². The lowest BCUT2D eigenvalue weighted by atomic mass is 10.0. The largest absolute Gasteiger partial charge is 0.390 e. The Bertz CT molecular complexity index is 496. The minimum Gasteiger partial charge on any atom is -0.390 e. The predicted octanol–water partition coefficient (Wildman–Crippen LogP) is -1.74. The lowest BCUT2D eigenvalue weighted by molar-refractivity contribution is -0.0589. The fraction of sp³-hybridized carbons (Fsp3) is 0.615. The molecule has 0 N–H and O–H groups in total. The Labute approximate surface area is 125 Å². The van der Waals surface area contributed by atoms with E-state index in [0.717, 1.165) is 56.5 Å². The molecule has 2 aliphatic rings. The molecule has 0 aliphatic carbocycles. The van der Waals surface area contributed by atoms with E-state index in [9.17, 15) is 0 Å². The van der Waals surface area contributed by atoms with E-state index in [0.29, 0.717) is 0 Å². The molecule has 21 heavy (non-hydrogen) atoms. The zero-order valence-electron chi connectivity index (χ0n) is 12.5. The first-order valence-electron chi connectivity index (χ1n) is 7.21. The molecule has 8 heteroatoms. The molecule has 0 bridgehead atoms. The van der Waals surface area contributed by atoms with Gasteiger partial charge in [-0.15, -0.1) is 0 Å². The van der Waals surface area contributed by atoms with Gasteiger partial charge in [-0.2, -0.15) is 0 Å². The van der Waals surface area contributed by atoms with Gasteiger partial charge < -0.3 is 14.5 Å². The van der Waals surface area contributed by atoms with Gasteiger partial charge in [0.1, 0.15) is 7.85 Å². The van der Waals surface area contributed by atoms with Gasteiger partial charge in [-0.1, -0.05) is 10.6 Å². The molecule has 7 nitrogen and oxygen atoms in total. The zero-order chi connectivity index (χ0) is 14.7. The van der Waals surface area contributed by atoms with Crippen molar-refractivity contribution in [1.29, 1.82) is 0 Å². The van der Waals surface area contributed by atoms with Gasteiger partial charge in [-0.3, -0.25) is 4.90 Å². The van der Waals surface area contributed by atoms with E-state index in [-0.39, 0.29) is 6.10 Å². The second kappa shape index (κ2) is 6.40. The van der Waals surface area contributed by atoms with Crippen LogP contribution in [0.15, 0.2) is 17.5 Å². The molecule has 0 aromatic carbocycles. The maximum Gasteiger partial charge on any atom is 0.225 e. The van der Waals surface area contributed by atoms with Crippen LogP contribution in [0.25, 0.3) is 0 Å². The Kier molecular flexibility index (Phi) is 4.35. The highest BCUT2D eigenvalue weighted by atomic mass is 16.6. The van der Waals surface area contributed by atoms with Gasteiger partial charge in [-0.25, -0.2) is 9.97 Å². The smallest absolute Gasteiger partial charge is 0.225 e. The molecule has 2 saturated heterocycles. The SMILES string of the molecule is Bc1cnc(N2CC(=NOC3CN(CCOC)C3)C2)nc1. The lowest BCUT2D eigenvalue weighted by Gasteiger charge is -2.38. The van der Waals surface area contributed by atoms with Crippen LogP contribution in [0, 0.1) is 0 Å². The van der Waals surface area contributed by atoms with E-state index in [4.69, 9.17) is 9.57 Å². The van der Waals surface area contributed by atoms with Gasteiger partial charge in [0.2, 0.25) is 5.95 Å². The topological polar surface area (TPSA) is 63.1 Å². The molecule has 0 saturated carbocycles. The summed E-state index contributed by atoms with van der Waals surface area (Å²) in [5.74, 6) is 0.758. The third-order valence-electron chi connectivity index (χ3n) is 3.66. The van der Waals surface area contributed by atoms with Crippen molar-refractivity contribution in [1.82, 2.24) is 14.9 Å². The number of oxime groups is 1. The molecule has 0 spiro atoms. The standard InChI is InChI=1S/C13H20BN5O2/c1-20-3-2-18-8-12(9-18)21-17-11-6-19(7-11)13-15-4-10(14)5-16-13/h4-5,12H,2-3,6-9,14H2,1H3. The summed E-state index contributed by atoms with van der Waals surface area (Å²) in [6.45, 7) is 5.11. The van der Waals surface area contributed by atoms with Crippen molar-refractivity contribution in [3.63, 3.8) is 0 Å². The van der Waals surface area contributed by atoms with Crippen molar-refractivity contribution in [3.05, 3.63) is 12.4 Å². The number of hydrogen-bond donors (Lipinski definition) is 0. The van der Waals surface area contributed by atoms with Gasteiger partial charge in [0.25, 0.3) is 0 Å². The summed E-state index contributed by atoms with van der Waals surface area (Å²) in [4.78, 5) is 18.5. The molecule has 2 fully saturated rings. The zero-order valence-corrected chi connectivity index (χ0v) is 12.5. The summed E-state index contributed by atoms with van der Waals surface area (Å²) in [7, 11) is 3.70. The van der Waals surface area contributed by atoms with E-state index in [1.54, 1.807) is 7.11 Å². The highest BCUT2D eigenvalue weighted by Crippen LogP contribution is 2.15. The highest BCUT2D eigenvalue weighted by Gasteiger charge is 2.30. The Balaban J connectivity index is 1.36. The fourth-order valence-corrected chi connectivity index (χ4v) is 2.28. The Morgan fingerprint density at radius 1 is 1.33 bits per heavy atom. The van der Waals surface area contributed by atoms with Crippen LogP contribution < -0.4 is 10.4 Å². The van der Waals surface area contributed by atoms with Crippen molar-refractivity contribution >= 4 is 25.0 Å². The van der Waals surface area contributed by atoms with Crippen LogP contribution in [0.3, 0.4) is 0 Å². The number of anilines is 1. The molecule has 0 radical (unpaired) electrons. The monoisotopic (exact) mass is 289 g/mol. The molecule has 3 rings (SSSR count). The van der Waals surface area contributed by atoms with E-state index < -0.39 is 0 Å². The van der Waals surface area contributed by atoms with Gasteiger partial charge in [0, 0.05) is 39.1 Å². The minimum absolute atomic E-state index is 0.221. The minimum atomic E-state index is 0.221. The first-order chi connectivity index (χ1) is 10.2. The second-order valence-corrected chi connectivity index (χ2v) is 5.55. The van der Waals surface area contributed by atoms with Crippen molar-refractivity contribution in [2.24, 2.45) is 5.16 Å². The third-order valence-corrected chi connectivity index (χ3v) is 3.66. The van der Waals surface area contributed by atoms with E-state index in [2.05, 4.69) is 24.9 Å². The van der Waals surface area contributed by atoms with Crippen LogP contribution in [0.5, 0.6) is 0 Å². The molecule has 0 unspecified atom stereocenters. The van der Waals surface area contributed by atoms with Crippen molar-refractivity contribution < 1.29 is 9.57 Å². The number of likely N-dealkylation sites (tertiary alicyclic amines) is 1. The molecule has 2 aliphatic heterocycles. The maximum atomic E-state index is 5.53. The average Bonchev–Trinajstić information content (AvgIpc) is 2.40. The Morgan fingerprint density at radius 3 is 2.71 bits per heavy atom. The average molecular weight is 289 g/mol. The van der Waals surface area contributed by atoms with E-state index in [1.165, 1.54) is 0 Å². The van der Waals surface area contributed by atoms with Crippen LogP contribution in [0.4, 0.5) is 5.95 Å². The van der Waals surface area contributed by atoms with Gasteiger partial charge in [-0.05, 0) is 0 Å². The number of ether oxygens (including phenoxy) is 1. The molecular formula is C13H20BN5O2. The van der Waals surface area contributed by atoms with E-state index in [1.807, 2.05) is 20.2 Å². The van der Waals surface area contributed by atoms with Gasteiger partial charge in [0.15, 0.2) is 6.10 Å². The predicted molar refractivity (Wildman–Crippen MR) is 83.0 cm³/mol. The second-order valence-electron chi connectivity index (χ2n) is 5.55. The molecule has 112 valence electrons. The number of rotatable bonds is 6. The summed E-state index contributed by atoms with van der Waals surface area (Å²) in [6, 6.07) is 0. The molecule has 1 aromatic rings. The summed E-state index contributed by atoms with van der Waals surface area (Å²) < 4.78 is 5.04. The van der Waals surface area contributed by atoms with E-state index >= 15 is 0 Å². The Morgan fingerprint density at radius 2 is 2.05 bits per heavy atom. The molecular weight excluding hydrogens is 269 g/mol. The number of nitrogens with zero attached hydrogens (tertiary/aromatic N) is 5. The molecule has 3 heterocycles. The summed E-state index contributed by atoms with van der Waals surface area (Å²) in [6.07, 6.45) is 3.88. The lowest BCUT2D eigenvalue weighted by Crippen LogP contribution is -2.53. The molecule has 0 atom stereocenters. The number of hydrogen-bond acceptors (Lipinski definition) is 7. The van der Waals surface area contributed by atoms with Crippen molar-refractivity contribution in [2.75, 3.05) is 51.3 Å². The first-order valence-corrected chi connectivity index (χ1v) is 7.21. The highest BCUT2D eigenvalue weighted by molar-refractivity contribution is 6.31. The summed E-state index contributed by atoms with van der Waals surface area (Å²) >= 11 is 0. The first kappa shape index (κ1) is 14.3. The van der Waals surface area contributed by atoms with Crippen LogP contribution in [0.2, 0.25) is 0 Å². The molecule has 0 amide bonds. The quantitative estimate of drug-likeness (QED) is 0.457. The summed E-state index contributed by atoms with van der Waals surface area (Å²) in [5, 5.41) is 4.22. The van der Waals surface area contributed by atoms with Crippen LogP contribution in [0.1, 0.15) is 0 Å². The van der Waals surface area contributed by atoms with Gasteiger partial charge >= 0.3 is 0 Å². The fourth-order valence-electron chi connectivity index (χ4n) is 2.28. The summed E-state index contributed by atoms with van der Waals surface area (Å²) in [5.41, 5.74) is 2.12. The maximum absolute atomic E-state index is 5.53. The van der Waals surface area contributed by atoms with Crippen LogP contribution >= 0.6 is 0 Å². The number of methoxy groups -OCH3 is 1. The van der Waals surface area contributed by atoms with Gasteiger partial charge in [0.05, 0.1) is 25.4 Å². The van der Waals surface area contributed by atoms with Crippen LogP contribution in [-0.4, -0.2) is 81.0 Å². The normalized spacial score (nSPS) is 19.1.